The second kappa shape index (κ2) is 6.60. The summed E-state index contributed by atoms with van der Waals surface area (Å²) >= 11 is 1.48. The summed E-state index contributed by atoms with van der Waals surface area (Å²) in [5, 5.41) is 11.0. The predicted octanol–water partition coefficient (Wildman–Crippen LogP) is 3.18. The average Bonchev–Trinajstić information content (AvgIpc) is 2.98. The van der Waals surface area contributed by atoms with E-state index in [-0.39, 0.29) is 22.1 Å². The van der Waals surface area contributed by atoms with Crippen LogP contribution in [0.1, 0.15) is 40.2 Å². The molecule has 1 aromatic heterocycles. The first-order valence-electron chi connectivity index (χ1n) is 6.75. The Hall–Kier alpha value is -1.70. The van der Waals surface area contributed by atoms with Crippen LogP contribution in [0.2, 0.25) is 0 Å². The van der Waals surface area contributed by atoms with E-state index in [9.17, 15) is 13.2 Å². The molecule has 0 aliphatic heterocycles. The molecule has 2 N–H and O–H groups in total. The maximum absolute atomic E-state index is 12.6. The highest BCUT2D eigenvalue weighted by molar-refractivity contribution is 7.89. The number of benzene rings is 1. The van der Waals surface area contributed by atoms with E-state index >= 15 is 0 Å². The van der Waals surface area contributed by atoms with Gasteiger partial charge in [-0.2, -0.15) is 0 Å². The zero-order valence-electron chi connectivity index (χ0n) is 12.2. The molecule has 1 unspecified atom stereocenters. The van der Waals surface area contributed by atoms with Crippen molar-refractivity contribution >= 4 is 27.3 Å². The smallest absolute Gasteiger partial charge is 0.335 e. The molecule has 118 valence electrons. The van der Waals surface area contributed by atoms with Crippen LogP contribution in [0.3, 0.4) is 0 Å². The first kappa shape index (κ1) is 16.7. The molecule has 0 amide bonds. The van der Waals surface area contributed by atoms with Crippen molar-refractivity contribution in [3.8, 4) is 0 Å². The number of hydrogen-bond donors (Lipinski definition) is 2. The first-order valence-corrected chi connectivity index (χ1v) is 9.11. The number of sulfonamides is 1. The molecule has 1 atom stereocenters. The van der Waals surface area contributed by atoms with Gasteiger partial charge in [0, 0.05) is 4.88 Å². The van der Waals surface area contributed by atoms with Gasteiger partial charge in [0.05, 0.1) is 16.5 Å². The summed E-state index contributed by atoms with van der Waals surface area (Å²) in [4.78, 5) is 12.1. The van der Waals surface area contributed by atoms with Crippen molar-refractivity contribution in [2.45, 2.75) is 31.2 Å². The third kappa shape index (κ3) is 3.37. The van der Waals surface area contributed by atoms with Gasteiger partial charge in [0.25, 0.3) is 0 Å². The molecule has 1 heterocycles. The molecule has 2 rings (SSSR count). The molecule has 7 heteroatoms. The van der Waals surface area contributed by atoms with E-state index in [1.54, 1.807) is 0 Å². The van der Waals surface area contributed by atoms with Gasteiger partial charge in [-0.1, -0.05) is 19.1 Å². The normalized spacial score (nSPS) is 13.0. The predicted molar refractivity (Wildman–Crippen MR) is 85.8 cm³/mol. The Bertz CT molecular complexity index is 767. The zero-order valence-corrected chi connectivity index (χ0v) is 13.9. The van der Waals surface area contributed by atoms with Gasteiger partial charge in [-0.05, 0) is 42.5 Å². The van der Waals surface area contributed by atoms with Crippen LogP contribution in [-0.4, -0.2) is 19.5 Å². The molecule has 0 aliphatic carbocycles. The Balaban J connectivity index is 2.39. The first-order chi connectivity index (χ1) is 10.4. The molecule has 0 bridgehead atoms. The van der Waals surface area contributed by atoms with Gasteiger partial charge in [0.2, 0.25) is 10.0 Å². The summed E-state index contributed by atoms with van der Waals surface area (Å²) in [7, 11) is -3.79. The number of thiophene rings is 1. The minimum absolute atomic E-state index is 0.00223. The maximum atomic E-state index is 12.6. The number of carboxylic acids is 1. The summed E-state index contributed by atoms with van der Waals surface area (Å²) in [6.07, 6.45) is 0.609. The summed E-state index contributed by atoms with van der Waals surface area (Å²) in [6, 6.07) is 7.68. The standard InChI is InChI=1S/C15H17NO4S2/c1-3-12(13-7-5-9-21-13)16-22(19,20)14-8-4-6-11(10(14)2)15(17)18/h4-9,12,16H,3H2,1-2H3,(H,17,18). The van der Waals surface area contributed by atoms with Gasteiger partial charge in [-0.3, -0.25) is 0 Å². The Kier molecular flexibility index (Phi) is 5.00. The molecule has 0 radical (unpaired) electrons. The summed E-state index contributed by atoms with van der Waals surface area (Å²) < 4.78 is 27.8. The topological polar surface area (TPSA) is 83.5 Å². The van der Waals surface area contributed by atoms with Crippen LogP contribution in [0.15, 0.2) is 40.6 Å². The van der Waals surface area contributed by atoms with Gasteiger partial charge >= 0.3 is 5.97 Å². The zero-order chi connectivity index (χ0) is 16.3. The molecule has 0 saturated carbocycles. The largest absolute Gasteiger partial charge is 0.478 e. The number of hydrogen-bond acceptors (Lipinski definition) is 4. The number of carbonyl (C=O) groups is 1. The summed E-state index contributed by atoms with van der Waals surface area (Å²) in [6.45, 7) is 3.40. The molecule has 0 aliphatic rings. The lowest BCUT2D eigenvalue weighted by molar-refractivity contribution is 0.0696. The van der Waals surface area contributed by atoms with E-state index in [0.29, 0.717) is 6.42 Å². The van der Waals surface area contributed by atoms with Crippen molar-refractivity contribution in [1.29, 1.82) is 0 Å². The Morgan fingerprint density at radius 1 is 1.32 bits per heavy atom. The van der Waals surface area contributed by atoms with E-state index in [4.69, 9.17) is 5.11 Å². The fourth-order valence-corrected chi connectivity index (χ4v) is 4.72. The van der Waals surface area contributed by atoms with Crippen LogP contribution in [0, 0.1) is 6.92 Å². The minimum atomic E-state index is -3.79. The highest BCUT2D eigenvalue weighted by atomic mass is 32.2. The molecule has 0 spiro atoms. The number of aromatic carboxylic acids is 1. The third-order valence-corrected chi connectivity index (χ3v) is 6.00. The van der Waals surface area contributed by atoms with Crippen LogP contribution in [0.25, 0.3) is 0 Å². The van der Waals surface area contributed by atoms with Gasteiger partial charge < -0.3 is 5.11 Å². The Morgan fingerprint density at radius 3 is 2.59 bits per heavy atom. The number of carboxylic acid groups (broad SMARTS) is 1. The van der Waals surface area contributed by atoms with Crippen LogP contribution >= 0.6 is 11.3 Å². The number of nitrogens with one attached hydrogen (secondary N) is 1. The molecule has 1 aromatic carbocycles. The summed E-state index contributed by atoms with van der Waals surface area (Å²) in [5.74, 6) is -1.14. The molecule has 2 aromatic rings. The lowest BCUT2D eigenvalue weighted by Crippen LogP contribution is -2.28. The fourth-order valence-electron chi connectivity index (χ4n) is 2.22. The van der Waals surface area contributed by atoms with Gasteiger partial charge in [0.15, 0.2) is 0 Å². The molecular formula is C15H17NO4S2. The van der Waals surface area contributed by atoms with Crippen molar-refractivity contribution in [3.63, 3.8) is 0 Å². The lowest BCUT2D eigenvalue weighted by atomic mass is 10.1. The van der Waals surface area contributed by atoms with E-state index in [1.807, 2.05) is 24.4 Å². The molecular weight excluding hydrogens is 322 g/mol. The van der Waals surface area contributed by atoms with Crippen molar-refractivity contribution in [2.24, 2.45) is 0 Å². The van der Waals surface area contributed by atoms with Crippen molar-refractivity contribution in [3.05, 3.63) is 51.7 Å². The fraction of sp³-hybridized carbons (Fsp3) is 0.267. The van der Waals surface area contributed by atoms with E-state index < -0.39 is 16.0 Å². The molecule has 0 saturated heterocycles. The maximum Gasteiger partial charge on any atom is 0.335 e. The third-order valence-electron chi connectivity index (χ3n) is 3.40. The van der Waals surface area contributed by atoms with E-state index in [2.05, 4.69) is 4.72 Å². The molecule has 5 nitrogen and oxygen atoms in total. The minimum Gasteiger partial charge on any atom is -0.478 e. The van der Waals surface area contributed by atoms with Crippen molar-refractivity contribution < 1.29 is 18.3 Å². The average molecular weight is 339 g/mol. The monoisotopic (exact) mass is 339 g/mol. The molecule has 22 heavy (non-hydrogen) atoms. The van der Waals surface area contributed by atoms with Crippen LogP contribution < -0.4 is 4.72 Å². The Morgan fingerprint density at radius 2 is 2.05 bits per heavy atom. The second-order valence-electron chi connectivity index (χ2n) is 4.83. The van der Waals surface area contributed by atoms with Crippen molar-refractivity contribution in [1.82, 2.24) is 4.72 Å². The second-order valence-corrected chi connectivity index (χ2v) is 7.49. The number of rotatable bonds is 6. The Labute approximate surface area is 133 Å². The van der Waals surface area contributed by atoms with Crippen molar-refractivity contribution in [2.75, 3.05) is 0 Å². The lowest BCUT2D eigenvalue weighted by Gasteiger charge is -2.17. The van der Waals surface area contributed by atoms with E-state index in [0.717, 1.165) is 4.88 Å². The highest BCUT2D eigenvalue weighted by Gasteiger charge is 2.24. The SMILES string of the molecule is CCC(NS(=O)(=O)c1cccc(C(=O)O)c1C)c1cccs1. The van der Waals surface area contributed by atoms with Gasteiger partial charge in [-0.25, -0.2) is 17.9 Å². The molecule has 0 fully saturated rings. The van der Waals surface area contributed by atoms with Gasteiger partial charge in [-0.15, -0.1) is 11.3 Å². The quantitative estimate of drug-likeness (QED) is 0.846. The van der Waals surface area contributed by atoms with Crippen LogP contribution in [0.4, 0.5) is 0 Å². The highest BCUT2D eigenvalue weighted by Crippen LogP contribution is 2.26. The van der Waals surface area contributed by atoms with Crippen LogP contribution in [0.5, 0.6) is 0 Å². The van der Waals surface area contributed by atoms with Crippen LogP contribution in [-0.2, 0) is 10.0 Å². The van der Waals surface area contributed by atoms with E-state index in [1.165, 1.54) is 36.5 Å². The van der Waals surface area contributed by atoms with Gasteiger partial charge in [0.1, 0.15) is 0 Å². The summed E-state index contributed by atoms with van der Waals surface area (Å²) in [5.41, 5.74) is 0.232.